The number of rotatable bonds is 7. The van der Waals surface area contributed by atoms with Gasteiger partial charge in [0.1, 0.15) is 5.15 Å². The van der Waals surface area contributed by atoms with Crippen LogP contribution in [0.3, 0.4) is 0 Å². The number of aliphatic hydroxyl groups excluding tert-OH is 1. The van der Waals surface area contributed by atoms with Gasteiger partial charge >= 0.3 is 0 Å². The van der Waals surface area contributed by atoms with Crippen LogP contribution in [0, 0.1) is 5.92 Å². The van der Waals surface area contributed by atoms with Crippen LogP contribution in [-0.2, 0) is 26.0 Å². The Balaban J connectivity index is 2.01. The third-order valence-electron chi connectivity index (χ3n) is 3.50. The van der Waals surface area contributed by atoms with E-state index < -0.39 is 0 Å². The lowest BCUT2D eigenvalue weighted by molar-refractivity contribution is 0.280. The largest absolute Gasteiger partial charge is 0.391 e. The maximum absolute atomic E-state index is 9.49. The van der Waals surface area contributed by atoms with E-state index in [0.717, 1.165) is 37.1 Å². The van der Waals surface area contributed by atoms with Gasteiger partial charge in [-0.25, -0.2) is 0 Å². The van der Waals surface area contributed by atoms with Crippen LogP contribution in [-0.4, -0.2) is 14.9 Å². The second kappa shape index (κ2) is 7.62. The fraction of sp³-hybridized carbons (Fsp3) is 0.471. The van der Waals surface area contributed by atoms with Crippen LogP contribution in [0.15, 0.2) is 30.3 Å². The van der Waals surface area contributed by atoms with E-state index in [1.165, 1.54) is 5.56 Å². The van der Waals surface area contributed by atoms with Crippen LogP contribution in [0.4, 0.5) is 0 Å². The van der Waals surface area contributed by atoms with Crippen molar-refractivity contribution in [2.45, 2.75) is 46.3 Å². The standard InChI is InChI=1S/C17H23ClN2O/c1-13(2)11-16-15(12-21)17(18)20(19-16)10-6-9-14-7-4-3-5-8-14/h3-5,7-8,13,21H,6,9-12H2,1-2H3. The number of hydrogen-bond donors (Lipinski definition) is 1. The first-order valence-electron chi connectivity index (χ1n) is 7.50. The van der Waals surface area contributed by atoms with E-state index in [4.69, 9.17) is 11.6 Å². The minimum atomic E-state index is -0.0421. The van der Waals surface area contributed by atoms with Crippen molar-refractivity contribution < 1.29 is 5.11 Å². The molecule has 1 aromatic carbocycles. The average molecular weight is 307 g/mol. The van der Waals surface area contributed by atoms with Gasteiger partial charge in [-0.3, -0.25) is 4.68 Å². The van der Waals surface area contributed by atoms with E-state index in [-0.39, 0.29) is 6.61 Å². The molecular weight excluding hydrogens is 284 g/mol. The minimum absolute atomic E-state index is 0.0421. The first kappa shape index (κ1) is 16.1. The fourth-order valence-corrected chi connectivity index (χ4v) is 2.75. The molecule has 0 aliphatic heterocycles. The number of aliphatic hydroxyl groups is 1. The molecule has 2 aromatic rings. The van der Waals surface area contributed by atoms with Crippen molar-refractivity contribution in [1.29, 1.82) is 0 Å². The van der Waals surface area contributed by atoms with E-state index in [9.17, 15) is 5.11 Å². The normalized spacial score (nSPS) is 11.3. The zero-order valence-corrected chi connectivity index (χ0v) is 13.5. The van der Waals surface area contributed by atoms with Crippen molar-refractivity contribution in [2.75, 3.05) is 0 Å². The highest BCUT2D eigenvalue weighted by Crippen LogP contribution is 2.23. The first-order chi connectivity index (χ1) is 10.1. The molecule has 0 radical (unpaired) electrons. The molecule has 1 N–H and O–H groups in total. The molecule has 1 heterocycles. The molecule has 0 bridgehead atoms. The summed E-state index contributed by atoms with van der Waals surface area (Å²) in [5.74, 6) is 0.499. The second-order valence-corrected chi connectivity index (χ2v) is 6.14. The van der Waals surface area contributed by atoms with Crippen LogP contribution < -0.4 is 0 Å². The monoisotopic (exact) mass is 306 g/mol. The Morgan fingerprint density at radius 2 is 1.95 bits per heavy atom. The lowest BCUT2D eigenvalue weighted by Gasteiger charge is -2.04. The summed E-state index contributed by atoms with van der Waals surface area (Å²) >= 11 is 6.34. The molecule has 0 amide bonds. The number of benzene rings is 1. The van der Waals surface area contributed by atoms with Crippen molar-refractivity contribution in [1.82, 2.24) is 9.78 Å². The molecule has 21 heavy (non-hydrogen) atoms. The molecule has 114 valence electrons. The third kappa shape index (κ3) is 4.32. The van der Waals surface area contributed by atoms with E-state index in [1.807, 2.05) is 10.7 Å². The van der Waals surface area contributed by atoms with Gasteiger partial charge in [-0.1, -0.05) is 55.8 Å². The Bertz CT molecular complexity index is 564. The maximum Gasteiger partial charge on any atom is 0.132 e. The van der Waals surface area contributed by atoms with Gasteiger partial charge in [0.15, 0.2) is 0 Å². The molecule has 0 aliphatic rings. The molecule has 0 saturated carbocycles. The fourth-order valence-electron chi connectivity index (χ4n) is 2.46. The number of halogens is 1. The van der Waals surface area contributed by atoms with E-state index in [2.05, 4.69) is 43.2 Å². The van der Waals surface area contributed by atoms with E-state index in [0.29, 0.717) is 11.1 Å². The summed E-state index contributed by atoms with van der Waals surface area (Å²) in [6, 6.07) is 10.4. The Kier molecular flexibility index (Phi) is 5.83. The molecule has 1 aromatic heterocycles. The van der Waals surface area contributed by atoms with E-state index >= 15 is 0 Å². The maximum atomic E-state index is 9.49. The van der Waals surface area contributed by atoms with Gasteiger partial charge in [-0.05, 0) is 30.7 Å². The van der Waals surface area contributed by atoms with Crippen molar-refractivity contribution in [3.8, 4) is 0 Å². The van der Waals surface area contributed by atoms with Crippen molar-refractivity contribution >= 4 is 11.6 Å². The number of aryl methyl sites for hydroxylation is 2. The summed E-state index contributed by atoms with van der Waals surface area (Å²) in [4.78, 5) is 0. The van der Waals surface area contributed by atoms with Gasteiger partial charge < -0.3 is 5.11 Å². The molecule has 2 rings (SSSR count). The summed E-state index contributed by atoms with van der Waals surface area (Å²) in [6.45, 7) is 5.02. The topological polar surface area (TPSA) is 38.0 Å². The summed E-state index contributed by atoms with van der Waals surface area (Å²) in [7, 11) is 0. The molecule has 3 nitrogen and oxygen atoms in total. The Morgan fingerprint density at radius 3 is 2.57 bits per heavy atom. The van der Waals surface area contributed by atoms with Crippen molar-refractivity contribution in [2.24, 2.45) is 5.92 Å². The van der Waals surface area contributed by atoms with Crippen LogP contribution >= 0.6 is 11.6 Å². The summed E-state index contributed by atoms with van der Waals surface area (Å²) in [6.07, 6.45) is 2.84. The predicted octanol–water partition coefficient (Wildman–Crippen LogP) is 3.86. The molecule has 0 unspecified atom stereocenters. The van der Waals surface area contributed by atoms with Crippen LogP contribution in [0.25, 0.3) is 0 Å². The van der Waals surface area contributed by atoms with Crippen LogP contribution in [0.1, 0.15) is 37.1 Å². The summed E-state index contributed by atoms with van der Waals surface area (Å²) in [5.41, 5.74) is 3.04. The van der Waals surface area contributed by atoms with Gasteiger partial charge in [0.05, 0.1) is 12.3 Å². The molecular formula is C17H23ClN2O. The van der Waals surface area contributed by atoms with Crippen LogP contribution in [0.2, 0.25) is 5.15 Å². The highest BCUT2D eigenvalue weighted by Gasteiger charge is 2.16. The minimum Gasteiger partial charge on any atom is -0.391 e. The molecule has 0 aliphatic carbocycles. The third-order valence-corrected chi connectivity index (χ3v) is 3.93. The molecule has 0 spiro atoms. The van der Waals surface area contributed by atoms with Gasteiger partial charge in [0.2, 0.25) is 0 Å². The summed E-state index contributed by atoms with van der Waals surface area (Å²) < 4.78 is 1.83. The van der Waals surface area contributed by atoms with E-state index in [1.54, 1.807) is 0 Å². The summed E-state index contributed by atoms with van der Waals surface area (Å²) in [5, 5.41) is 14.7. The molecule has 0 fully saturated rings. The zero-order chi connectivity index (χ0) is 15.2. The van der Waals surface area contributed by atoms with Gasteiger partial charge in [-0.15, -0.1) is 0 Å². The number of hydrogen-bond acceptors (Lipinski definition) is 2. The van der Waals surface area contributed by atoms with Gasteiger partial charge in [0, 0.05) is 12.1 Å². The first-order valence-corrected chi connectivity index (χ1v) is 7.88. The molecule has 0 atom stereocenters. The van der Waals surface area contributed by atoms with Crippen molar-refractivity contribution in [3.05, 3.63) is 52.3 Å². The lowest BCUT2D eigenvalue weighted by Crippen LogP contribution is -2.03. The van der Waals surface area contributed by atoms with Gasteiger partial charge in [0.25, 0.3) is 0 Å². The number of aromatic nitrogens is 2. The molecule has 0 saturated heterocycles. The highest BCUT2D eigenvalue weighted by molar-refractivity contribution is 6.30. The Labute approximate surface area is 131 Å². The predicted molar refractivity (Wildman–Crippen MR) is 86.5 cm³/mol. The Hall–Kier alpha value is -1.32. The lowest BCUT2D eigenvalue weighted by atomic mass is 10.1. The highest BCUT2D eigenvalue weighted by atomic mass is 35.5. The molecule has 4 heteroatoms. The quantitative estimate of drug-likeness (QED) is 0.843. The van der Waals surface area contributed by atoms with Crippen LogP contribution in [0.5, 0.6) is 0 Å². The number of nitrogens with zero attached hydrogens (tertiary/aromatic N) is 2. The second-order valence-electron chi connectivity index (χ2n) is 5.78. The average Bonchev–Trinajstić information content (AvgIpc) is 2.75. The SMILES string of the molecule is CC(C)Cc1nn(CCCc2ccccc2)c(Cl)c1CO. The zero-order valence-electron chi connectivity index (χ0n) is 12.7. The smallest absolute Gasteiger partial charge is 0.132 e. The van der Waals surface area contributed by atoms with Crippen molar-refractivity contribution in [3.63, 3.8) is 0 Å². The Morgan fingerprint density at radius 1 is 1.24 bits per heavy atom. The van der Waals surface area contributed by atoms with Gasteiger partial charge in [-0.2, -0.15) is 5.10 Å².